The number of carbonyl (C=O) groups excluding carboxylic acids is 1. The standard InChI is InChI=1S/C17H17FN6O/c18-10-7-11-12(9-22-15(11)21-8-10)16-19-6-4-14(24-16)23-13-3-1-2-5-20-17(13)25/h4,6-9,13H,1-3,5H2,(H,20,25)(H,21,22)(H,19,23,24)/t13-/m0/s1. The van der Waals surface area contributed by atoms with E-state index < -0.39 is 5.82 Å². The summed E-state index contributed by atoms with van der Waals surface area (Å²) in [4.78, 5) is 27.8. The van der Waals surface area contributed by atoms with Crippen molar-refractivity contribution in [2.75, 3.05) is 11.9 Å². The molecule has 1 amide bonds. The molecule has 1 aliphatic heterocycles. The molecular weight excluding hydrogens is 323 g/mol. The van der Waals surface area contributed by atoms with Gasteiger partial charge in [-0.3, -0.25) is 4.79 Å². The summed E-state index contributed by atoms with van der Waals surface area (Å²) in [5.74, 6) is 0.567. The van der Waals surface area contributed by atoms with Crippen LogP contribution < -0.4 is 10.6 Å². The molecule has 0 aliphatic carbocycles. The van der Waals surface area contributed by atoms with E-state index in [1.54, 1.807) is 18.5 Å². The first-order chi connectivity index (χ1) is 12.2. The van der Waals surface area contributed by atoms with Crippen molar-refractivity contribution in [1.29, 1.82) is 0 Å². The van der Waals surface area contributed by atoms with Crippen LogP contribution in [0.5, 0.6) is 0 Å². The highest BCUT2D eigenvalue weighted by Crippen LogP contribution is 2.26. The Balaban J connectivity index is 1.64. The number of aromatic nitrogens is 4. The van der Waals surface area contributed by atoms with Crippen molar-refractivity contribution in [3.05, 3.63) is 36.5 Å². The highest BCUT2D eigenvalue weighted by atomic mass is 19.1. The molecule has 128 valence electrons. The van der Waals surface area contributed by atoms with E-state index >= 15 is 0 Å². The number of H-pyrrole nitrogens is 1. The Labute approximate surface area is 143 Å². The lowest BCUT2D eigenvalue weighted by Crippen LogP contribution is -2.38. The highest BCUT2D eigenvalue weighted by molar-refractivity contribution is 5.91. The average molecular weight is 340 g/mol. The highest BCUT2D eigenvalue weighted by Gasteiger charge is 2.21. The molecule has 8 heteroatoms. The lowest BCUT2D eigenvalue weighted by atomic mass is 10.1. The van der Waals surface area contributed by atoms with Gasteiger partial charge in [0.2, 0.25) is 5.91 Å². The Morgan fingerprint density at radius 3 is 3.12 bits per heavy atom. The van der Waals surface area contributed by atoms with Gasteiger partial charge in [0.1, 0.15) is 23.3 Å². The number of nitrogens with zero attached hydrogens (tertiary/aromatic N) is 3. The molecule has 1 atom stereocenters. The van der Waals surface area contributed by atoms with Crippen molar-refractivity contribution in [3.8, 4) is 11.4 Å². The fourth-order valence-electron chi connectivity index (χ4n) is 2.99. The van der Waals surface area contributed by atoms with E-state index in [0.29, 0.717) is 34.8 Å². The summed E-state index contributed by atoms with van der Waals surface area (Å²) < 4.78 is 13.5. The minimum atomic E-state index is -0.419. The molecule has 0 unspecified atom stereocenters. The van der Waals surface area contributed by atoms with Crippen molar-refractivity contribution in [3.63, 3.8) is 0 Å². The molecule has 0 radical (unpaired) electrons. The Bertz CT molecular complexity index is 924. The predicted octanol–water partition coefficient (Wildman–Crippen LogP) is 2.24. The Morgan fingerprint density at radius 2 is 2.20 bits per heavy atom. The monoisotopic (exact) mass is 340 g/mol. The first kappa shape index (κ1) is 15.5. The normalized spacial score (nSPS) is 18.0. The van der Waals surface area contributed by atoms with E-state index in [1.807, 2.05) is 0 Å². The molecule has 0 bridgehead atoms. The molecular formula is C17H17FN6O. The van der Waals surface area contributed by atoms with Gasteiger partial charge in [-0.05, 0) is 31.4 Å². The number of nitrogens with one attached hydrogen (secondary N) is 3. The molecule has 0 aromatic carbocycles. The van der Waals surface area contributed by atoms with Crippen LogP contribution in [-0.4, -0.2) is 38.4 Å². The predicted molar refractivity (Wildman–Crippen MR) is 91.3 cm³/mol. The van der Waals surface area contributed by atoms with E-state index in [9.17, 15) is 9.18 Å². The molecule has 4 rings (SSSR count). The number of hydrogen-bond acceptors (Lipinski definition) is 5. The number of fused-ring (bicyclic) bond motifs is 1. The van der Waals surface area contributed by atoms with E-state index in [2.05, 4.69) is 30.6 Å². The second kappa shape index (κ2) is 6.46. The van der Waals surface area contributed by atoms with E-state index in [4.69, 9.17) is 0 Å². The number of carbonyl (C=O) groups is 1. The first-order valence-corrected chi connectivity index (χ1v) is 8.21. The third kappa shape index (κ3) is 3.15. The topological polar surface area (TPSA) is 95.6 Å². The maximum atomic E-state index is 13.5. The number of aromatic amines is 1. The number of hydrogen-bond donors (Lipinski definition) is 3. The van der Waals surface area contributed by atoms with E-state index in [1.165, 1.54) is 6.07 Å². The van der Waals surface area contributed by atoms with Crippen LogP contribution in [0, 0.1) is 5.82 Å². The summed E-state index contributed by atoms with van der Waals surface area (Å²) in [6.45, 7) is 0.708. The van der Waals surface area contributed by atoms with Gasteiger partial charge in [0.05, 0.1) is 6.20 Å². The Hall–Kier alpha value is -3.03. The lowest BCUT2D eigenvalue weighted by molar-refractivity contribution is -0.121. The van der Waals surface area contributed by atoms with Crippen molar-refractivity contribution < 1.29 is 9.18 Å². The summed E-state index contributed by atoms with van der Waals surface area (Å²) in [6.07, 6.45) is 7.19. The largest absolute Gasteiger partial charge is 0.358 e. The molecule has 1 fully saturated rings. The average Bonchev–Trinajstić information content (AvgIpc) is 2.93. The third-order valence-electron chi connectivity index (χ3n) is 4.25. The minimum Gasteiger partial charge on any atom is -0.358 e. The molecule has 0 spiro atoms. The number of anilines is 1. The molecule has 25 heavy (non-hydrogen) atoms. The van der Waals surface area contributed by atoms with Crippen LogP contribution in [0.1, 0.15) is 19.3 Å². The molecule has 7 nitrogen and oxygen atoms in total. The van der Waals surface area contributed by atoms with Crippen molar-refractivity contribution >= 4 is 22.8 Å². The maximum absolute atomic E-state index is 13.5. The van der Waals surface area contributed by atoms with Crippen LogP contribution in [-0.2, 0) is 4.79 Å². The zero-order valence-corrected chi connectivity index (χ0v) is 13.4. The first-order valence-electron chi connectivity index (χ1n) is 8.21. The van der Waals surface area contributed by atoms with Crippen LogP contribution in [0.4, 0.5) is 10.2 Å². The number of rotatable bonds is 3. The molecule has 1 saturated heterocycles. The second-order valence-corrected chi connectivity index (χ2v) is 6.00. The van der Waals surface area contributed by atoms with Crippen molar-refractivity contribution in [1.82, 2.24) is 25.3 Å². The van der Waals surface area contributed by atoms with E-state index in [0.717, 1.165) is 25.5 Å². The van der Waals surface area contributed by atoms with Gasteiger partial charge < -0.3 is 15.6 Å². The number of halogens is 1. The van der Waals surface area contributed by atoms with E-state index in [-0.39, 0.29) is 11.9 Å². The molecule has 3 N–H and O–H groups in total. The van der Waals surface area contributed by atoms with Gasteiger partial charge in [0.25, 0.3) is 0 Å². The van der Waals surface area contributed by atoms with Gasteiger partial charge in [0, 0.05) is 29.9 Å². The van der Waals surface area contributed by atoms with Crippen LogP contribution >= 0.6 is 0 Å². The van der Waals surface area contributed by atoms with Gasteiger partial charge in [-0.25, -0.2) is 19.3 Å². The quantitative estimate of drug-likeness (QED) is 0.680. The molecule has 4 heterocycles. The van der Waals surface area contributed by atoms with Crippen LogP contribution in [0.3, 0.4) is 0 Å². The van der Waals surface area contributed by atoms with Gasteiger partial charge in [-0.2, -0.15) is 0 Å². The second-order valence-electron chi connectivity index (χ2n) is 6.00. The van der Waals surface area contributed by atoms with Crippen molar-refractivity contribution in [2.24, 2.45) is 0 Å². The number of pyridine rings is 1. The lowest BCUT2D eigenvalue weighted by Gasteiger charge is -2.15. The van der Waals surface area contributed by atoms with Gasteiger partial charge >= 0.3 is 0 Å². The van der Waals surface area contributed by atoms with Gasteiger partial charge in [-0.1, -0.05) is 0 Å². The fraction of sp³-hybridized carbons (Fsp3) is 0.294. The smallest absolute Gasteiger partial charge is 0.242 e. The third-order valence-corrected chi connectivity index (χ3v) is 4.25. The minimum absolute atomic E-state index is 0.0176. The summed E-state index contributed by atoms with van der Waals surface area (Å²) in [5.41, 5.74) is 1.23. The summed E-state index contributed by atoms with van der Waals surface area (Å²) in [7, 11) is 0. The molecule has 3 aromatic heterocycles. The molecule has 3 aromatic rings. The van der Waals surface area contributed by atoms with Gasteiger partial charge in [0.15, 0.2) is 5.82 Å². The zero-order valence-electron chi connectivity index (χ0n) is 13.4. The summed E-state index contributed by atoms with van der Waals surface area (Å²) in [5, 5.41) is 6.67. The summed E-state index contributed by atoms with van der Waals surface area (Å²) >= 11 is 0. The maximum Gasteiger partial charge on any atom is 0.242 e. The fourth-order valence-corrected chi connectivity index (χ4v) is 2.99. The van der Waals surface area contributed by atoms with Crippen LogP contribution in [0.15, 0.2) is 30.7 Å². The number of amides is 1. The summed E-state index contributed by atoms with van der Waals surface area (Å²) in [6, 6.07) is 2.80. The molecule has 1 aliphatic rings. The molecule has 0 saturated carbocycles. The Morgan fingerprint density at radius 1 is 1.28 bits per heavy atom. The van der Waals surface area contributed by atoms with Crippen LogP contribution in [0.25, 0.3) is 22.4 Å². The van der Waals surface area contributed by atoms with Crippen molar-refractivity contribution in [2.45, 2.75) is 25.3 Å². The van der Waals surface area contributed by atoms with Crippen LogP contribution in [0.2, 0.25) is 0 Å². The van der Waals surface area contributed by atoms with Gasteiger partial charge in [-0.15, -0.1) is 0 Å². The SMILES string of the molecule is O=C1NCCCC[C@@H]1Nc1ccnc(-c2c[nH]c3ncc(F)cc23)n1. The zero-order chi connectivity index (χ0) is 17.2. The Kier molecular flexibility index (Phi) is 4.01.